The molecule has 0 bridgehead atoms. The van der Waals surface area contributed by atoms with Crippen LogP contribution in [0.2, 0.25) is 0 Å². The number of benzene rings is 2. The molecule has 1 heterocycles. The Bertz CT molecular complexity index is 931. The summed E-state index contributed by atoms with van der Waals surface area (Å²) in [7, 11) is -0.902. The third-order valence-electron chi connectivity index (χ3n) is 4.78. The molecule has 1 fully saturated rings. The summed E-state index contributed by atoms with van der Waals surface area (Å²) >= 11 is 0. The minimum Gasteiger partial charge on any atom is -0.493 e. The number of rotatable bonds is 7. The molecule has 0 aromatic heterocycles. The topological polar surface area (TPSA) is 84.9 Å². The fourth-order valence-corrected chi connectivity index (χ4v) is 4.98. The Balaban J connectivity index is 1.78. The number of hydrogen-bond acceptors (Lipinski definition) is 5. The minimum absolute atomic E-state index is 0.0768. The van der Waals surface area contributed by atoms with Gasteiger partial charge in [0.15, 0.2) is 11.5 Å². The molecule has 3 rings (SSSR count). The van der Waals surface area contributed by atoms with E-state index in [2.05, 4.69) is 5.32 Å². The number of sulfonamides is 1. The first-order chi connectivity index (χ1) is 13.5. The first kappa shape index (κ1) is 20.2. The van der Waals surface area contributed by atoms with Gasteiger partial charge in [-0.3, -0.25) is 4.79 Å². The minimum atomic E-state index is -3.84. The Hall–Kier alpha value is -2.58. The summed E-state index contributed by atoms with van der Waals surface area (Å²) in [5.74, 6) is 0.485. The molecule has 1 unspecified atom stereocenters. The van der Waals surface area contributed by atoms with Gasteiger partial charge in [-0.1, -0.05) is 30.3 Å². The van der Waals surface area contributed by atoms with Crippen molar-refractivity contribution in [1.82, 2.24) is 9.62 Å². The number of carbonyl (C=O) groups is 1. The third-order valence-corrected chi connectivity index (χ3v) is 6.68. The number of hydrogen-bond donors (Lipinski definition) is 1. The van der Waals surface area contributed by atoms with Crippen molar-refractivity contribution in [3.63, 3.8) is 0 Å². The van der Waals surface area contributed by atoms with Gasteiger partial charge in [-0.2, -0.15) is 4.31 Å². The fraction of sp³-hybridized carbons (Fsp3) is 0.350. The first-order valence-electron chi connectivity index (χ1n) is 9.03. The van der Waals surface area contributed by atoms with Gasteiger partial charge >= 0.3 is 0 Å². The second-order valence-electron chi connectivity index (χ2n) is 6.49. The van der Waals surface area contributed by atoms with Gasteiger partial charge in [-0.15, -0.1) is 0 Å². The Labute approximate surface area is 165 Å². The van der Waals surface area contributed by atoms with Crippen molar-refractivity contribution >= 4 is 15.9 Å². The molecule has 28 heavy (non-hydrogen) atoms. The fourth-order valence-electron chi connectivity index (χ4n) is 3.31. The van der Waals surface area contributed by atoms with Crippen LogP contribution in [0.3, 0.4) is 0 Å². The van der Waals surface area contributed by atoms with Crippen molar-refractivity contribution in [1.29, 1.82) is 0 Å². The van der Waals surface area contributed by atoms with Gasteiger partial charge < -0.3 is 14.8 Å². The van der Waals surface area contributed by atoms with Gasteiger partial charge in [0.2, 0.25) is 15.9 Å². The Morgan fingerprint density at radius 1 is 1.11 bits per heavy atom. The lowest BCUT2D eigenvalue weighted by molar-refractivity contribution is -0.124. The van der Waals surface area contributed by atoms with Gasteiger partial charge in [0.25, 0.3) is 0 Å². The molecule has 0 saturated carbocycles. The largest absolute Gasteiger partial charge is 0.493 e. The van der Waals surface area contributed by atoms with Crippen LogP contribution in [0.5, 0.6) is 11.5 Å². The van der Waals surface area contributed by atoms with Crippen LogP contribution in [0.25, 0.3) is 0 Å². The van der Waals surface area contributed by atoms with Crippen molar-refractivity contribution in [3.8, 4) is 11.5 Å². The molecule has 1 atom stereocenters. The van der Waals surface area contributed by atoms with Crippen LogP contribution in [0, 0.1) is 0 Å². The van der Waals surface area contributed by atoms with Crippen LogP contribution < -0.4 is 14.8 Å². The number of nitrogens with one attached hydrogen (secondary N) is 1. The summed E-state index contributed by atoms with van der Waals surface area (Å²) in [4.78, 5) is 12.7. The van der Waals surface area contributed by atoms with E-state index < -0.39 is 16.1 Å². The van der Waals surface area contributed by atoms with Crippen LogP contribution in [-0.2, 0) is 21.4 Å². The predicted molar refractivity (Wildman–Crippen MR) is 105 cm³/mol. The molecule has 1 aliphatic rings. The van der Waals surface area contributed by atoms with Gasteiger partial charge in [-0.25, -0.2) is 8.42 Å². The monoisotopic (exact) mass is 404 g/mol. The number of nitrogens with zero attached hydrogens (tertiary/aromatic N) is 1. The van der Waals surface area contributed by atoms with Gasteiger partial charge in [0.05, 0.1) is 19.1 Å². The molecule has 1 N–H and O–H groups in total. The van der Waals surface area contributed by atoms with E-state index in [1.165, 1.54) is 30.7 Å². The Morgan fingerprint density at radius 2 is 1.82 bits per heavy atom. The zero-order valence-corrected chi connectivity index (χ0v) is 16.7. The van der Waals surface area contributed by atoms with E-state index in [0.29, 0.717) is 37.4 Å². The van der Waals surface area contributed by atoms with Gasteiger partial charge in [0.1, 0.15) is 6.04 Å². The van der Waals surface area contributed by atoms with Crippen molar-refractivity contribution in [2.45, 2.75) is 30.3 Å². The highest BCUT2D eigenvalue weighted by atomic mass is 32.2. The highest BCUT2D eigenvalue weighted by Gasteiger charge is 2.39. The highest BCUT2D eigenvalue weighted by Crippen LogP contribution is 2.33. The SMILES string of the molecule is COc1ccc(S(=O)(=O)N2CCCC2C(=O)NCc2ccccc2)cc1OC. The van der Waals surface area contributed by atoms with E-state index in [9.17, 15) is 13.2 Å². The standard InChI is InChI=1S/C20H24N2O5S/c1-26-18-11-10-16(13-19(18)27-2)28(24,25)22-12-6-9-17(22)20(23)21-14-15-7-4-3-5-8-15/h3-5,7-8,10-11,13,17H,6,9,12,14H2,1-2H3,(H,21,23). The molecule has 2 aromatic carbocycles. The summed E-state index contributed by atoms with van der Waals surface area (Å²) in [5.41, 5.74) is 0.961. The molecule has 1 amide bonds. The van der Waals surface area contributed by atoms with Gasteiger partial charge in [0, 0.05) is 19.2 Å². The number of methoxy groups -OCH3 is 2. The molecule has 1 aliphatic heterocycles. The summed E-state index contributed by atoms with van der Waals surface area (Å²) in [5, 5.41) is 2.85. The number of carbonyl (C=O) groups excluding carboxylic acids is 1. The van der Waals surface area contributed by atoms with Crippen LogP contribution in [0.4, 0.5) is 0 Å². The van der Waals surface area contributed by atoms with Crippen LogP contribution >= 0.6 is 0 Å². The van der Waals surface area contributed by atoms with Gasteiger partial charge in [-0.05, 0) is 30.5 Å². The lowest BCUT2D eigenvalue weighted by Crippen LogP contribution is -2.45. The highest BCUT2D eigenvalue weighted by molar-refractivity contribution is 7.89. The Kier molecular flexibility index (Phi) is 6.21. The zero-order chi connectivity index (χ0) is 20.1. The van der Waals surface area contributed by atoms with E-state index in [-0.39, 0.29) is 10.8 Å². The molecule has 150 valence electrons. The second kappa shape index (κ2) is 8.62. The molecule has 0 aliphatic carbocycles. The summed E-state index contributed by atoms with van der Waals surface area (Å²) in [6.45, 7) is 0.667. The number of amides is 1. The second-order valence-corrected chi connectivity index (χ2v) is 8.38. The van der Waals surface area contributed by atoms with Crippen LogP contribution in [0.15, 0.2) is 53.4 Å². The normalized spacial score (nSPS) is 17.3. The maximum absolute atomic E-state index is 13.1. The molecular formula is C20H24N2O5S. The smallest absolute Gasteiger partial charge is 0.243 e. The van der Waals surface area contributed by atoms with Crippen molar-refractivity contribution < 1.29 is 22.7 Å². The Morgan fingerprint density at radius 3 is 2.50 bits per heavy atom. The molecule has 0 spiro atoms. The van der Waals surface area contributed by atoms with Crippen LogP contribution in [-0.4, -0.2) is 45.4 Å². The molecule has 1 saturated heterocycles. The summed E-state index contributed by atoms with van der Waals surface area (Å²) < 4.78 is 37.9. The summed E-state index contributed by atoms with van der Waals surface area (Å²) in [6.07, 6.45) is 1.13. The van der Waals surface area contributed by atoms with E-state index in [1.807, 2.05) is 30.3 Å². The van der Waals surface area contributed by atoms with Crippen molar-refractivity contribution in [2.75, 3.05) is 20.8 Å². The maximum atomic E-state index is 13.1. The van der Waals surface area contributed by atoms with E-state index >= 15 is 0 Å². The molecule has 7 nitrogen and oxygen atoms in total. The molecular weight excluding hydrogens is 380 g/mol. The predicted octanol–water partition coefficient (Wildman–Crippen LogP) is 2.17. The zero-order valence-electron chi connectivity index (χ0n) is 15.9. The average Bonchev–Trinajstić information content (AvgIpc) is 3.23. The third kappa shape index (κ3) is 4.13. The average molecular weight is 404 g/mol. The number of ether oxygens (including phenoxy) is 2. The van der Waals surface area contributed by atoms with E-state index in [0.717, 1.165) is 5.56 Å². The first-order valence-corrected chi connectivity index (χ1v) is 10.5. The summed E-state index contributed by atoms with van der Waals surface area (Å²) in [6, 6.07) is 13.2. The molecule has 0 radical (unpaired) electrons. The lowest BCUT2D eigenvalue weighted by Gasteiger charge is -2.24. The van der Waals surface area contributed by atoms with Crippen molar-refractivity contribution in [3.05, 3.63) is 54.1 Å². The lowest BCUT2D eigenvalue weighted by atomic mass is 10.2. The molecule has 8 heteroatoms. The quantitative estimate of drug-likeness (QED) is 0.765. The van der Waals surface area contributed by atoms with E-state index in [4.69, 9.17) is 9.47 Å². The molecule has 2 aromatic rings. The van der Waals surface area contributed by atoms with Crippen LogP contribution in [0.1, 0.15) is 18.4 Å². The van der Waals surface area contributed by atoms with E-state index in [1.54, 1.807) is 6.07 Å². The maximum Gasteiger partial charge on any atom is 0.243 e. The van der Waals surface area contributed by atoms with Crippen molar-refractivity contribution in [2.24, 2.45) is 0 Å².